The first-order valence-electron chi connectivity index (χ1n) is 5.02. The third-order valence-electron chi connectivity index (χ3n) is 2.33. The number of benzene rings is 1. The molecule has 0 amide bonds. The molecule has 0 spiro atoms. The smallest absolute Gasteiger partial charge is 0.238 e. The van der Waals surface area contributed by atoms with Crippen molar-refractivity contribution in [2.75, 3.05) is 11.9 Å². The molecule has 0 unspecified atom stereocenters. The van der Waals surface area contributed by atoms with Crippen molar-refractivity contribution >= 4 is 5.95 Å². The quantitative estimate of drug-likeness (QED) is 0.602. The molecule has 0 saturated carbocycles. The zero-order chi connectivity index (χ0) is 13.1. The van der Waals surface area contributed by atoms with Crippen LogP contribution in [0.2, 0.25) is 0 Å². The molecule has 4 nitrogen and oxygen atoms in total. The fourth-order valence-electron chi connectivity index (χ4n) is 1.40. The molecule has 6 heteroatoms. The van der Waals surface area contributed by atoms with Gasteiger partial charge in [-0.15, -0.1) is 0 Å². The van der Waals surface area contributed by atoms with Gasteiger partial charge in [-0.2, -0.15) is 5.26 Å². The van der Waals surface area contributed by atoms with Gasteiger partial charge in [-0.05, 0) is 12.1 Å². The van der Waals surface area contributed by atoms with E-state index < -0.39 is 11.6 Å². The fraction of sp³-hybridized carbons (Fsp3) is 0.0833. The molecule has 0 fully saturated rings. The summed E-state index contributed by atoms with van der Waals surface area (Å²) in [6, 6.07) is 3.27. The molecule has 1 aromatic carbocycles. The van der Waals surface area contributed by atoms with Crippen molar-refractivity contribution in [2.24, 2.45) is 0 Å². The highest BCUT2D eigenvalue weighted by Crippen LogP contribution is 2.22. The first-order valence-corrected chi connectivity index (χ1v) is 5.02. The average Bonchev–Trinajstić information content (AvgIpc) is 2.38. The van der Waals surface area contributed by atoms with Crippen LogP contribution in [-0.4, -0.2) is 17.0 Å². The number of halogens is 2. The first-order chi connectivity index (χ1) is 8.61. The highest BCUT2D eigenvalue weighted by atomic mass is 19.1. The normalized spacial score (nSPS) is 9.89. The Morgan fingerprint density at radius 1 is 1.22 bits per heavy atom. The lowest BCUT2D eigenvalue weighted by molar-refractivity contribution is 0.585. The molecular formula is C12H8F2N4. The zero-order valence-electron chi connectivity index (χ0n) is 9.43. The molecule has 0 aliphatic carbocycles. The van der Waals surface area contributed by atoms with Gasteiger partial charge in [0.2, 0.25) is 5.95 Å². The largest absolute Gasteiger partial charge is 0.250 e. The second-order valence-electron chi connectivity index (χ2n) is 3.55. The maximum Gasteiger partial charge on any atom is 0.238 e. The van der Waals surface area contributed by atoms with Gasteiger partial charge in [0.15, 0.2) is 6.19 Å². The van der Waals surface area contributed by atoms with E-state index in [0.29, 0.717) is 5.56 Å². The van der Waals surface area contributed by atoms with Crippen LogP contribution in [0.25, 0.3) is 11.1 Å². The summed E-state index contributed by atoms with van der Waals surface area (Å²) in [7, 11) is 1.51. The summed E-state index contributed by atoms with van der Waals surface area (Å²) in [5, 5.41) is 8.64. The van der Waals surface area contributed by atoms with E-state index in [9.17, 15) is 8.78 Å². The van der Waals surface area contributed by atoms with Crippen molar-refractivity contribution in [2.45, 2.75) is 0 Å². The molecule has 18 heavy (non-hydrogen) atoms. The van der Waals surface area contributed by atoms with Crippen molar-refractivity contribution in [3.05, 3.63) is 42.2 Å². The Morgan fingerprint density at radius 2 is 1.89 bits per heavy atom. The number of aromatic nitrogens is 2. The Bertz CT molecular complexity index is 604. The van der Waals surface area contributed by atoms with Gasteiger partial charge >= 0.3 is 0 Å². The van der Waals surface area contributed by atoms with Crippen LogP contribution >= 0.6 is 0 Å². The van der Waals surface area contributed by atoms with Gasteiger partial charge in [0.1, 0.15) is 11.6 Å². The Balaban J connectivity index is 2.38. The SMILES string of the molecule is CN(C#N)c1ncc(-c2ccc(F)cc2F)cn1. The molecule has 2 aromatic rings. The van der Waals surface area contributed by atoms with E-state index in [1.54, 1.807) is 0 Å². The van der Waals surface area contributed by atoms with Crippen LogP contribution in [0.15, 0.2) is 30.6 Å². The summed E-state index contributed by atoms with van der Waals surface area (Å²) in [6.07, 6.45) is 4.61. The molecule has 2 rings (SSSR count). The summed E-state index contributed by atoms with van der Waals surface area (Å²) >= 11 is 0. The van der Waals surface area contributed by atoms with Gasteiger partial charge in [0, 0.05) is 36.6 Å². The second kappa shape index (κ2) is 4.75. The maximum atomic E-state index is 13.5. The topological polar surface area (TPSA) is 52.8 Å². The zero-order valence-corrected chi connectivity index (χ0v) is 9.43. The van der Waals surface area contributed by atoms with Crippen LogP contribution in [0.5, 0.6) is 0 Å². The molecule has 90 valence electrons. The van der Waals surface area contributed by atoms with Crippen LogP contribution in [0, 0.1) is 23.1 Å². The maximum absolute atomic E-state index is 13.5. The van der Waals surface area contributed by atoms with Crippen molar-refractivity contribution in [3.63, 3.8) is 0 Å². The van der Waals surface area contributed by atoms with Gasteiger partial charge < -0.3 is 0 Å². The third-order valence-corrected chi connectivity index (χ3v) is 2.33. The predicted octanol–water partition coefficient (Wildman–Crippen LogP) is 2.34. The van der Waals surface area contributed by atoms with Crippen molar-refractivity contribution in [1.29, 1.82) is 5.26 Å². The number of anilines is 1. The highest BCUT2D eigenvalue weighted by molar-refractivity contribution is 5.62. The Labute approximate surface area is 102 Å². The van der Waals surface area contributed by atoms with E-state index in [0.717, 1.165) is 12.1 Å². The van der Waals surface area contributed by atoms with E-state index in [1.165, 1.54) is 30.4 Å². The molecule has 1 heterocycles. The van der Waals surface area contributed by atoms with E-state index in [-0.39, 0.29) is 11.5 Å². The van der Waals surface area contributed by atoms with Crippen LogP contribution in [0.4, 0.5) is 14.7 Å². The molecular weight excluding hydrogens is 238 g/mol. The first kappa shape index (κ1) is 11.9. The van der Waals surface area contributed by atoms with E-state index in [4.69, 9.17) is 5.26 Å². The molecule has 1 aromatic heterocycles. The van der Waals surface area contributed by atoms with Gasteiger partial charge in [-0.25, -0.2) is 18.7 Å². The molecule has 0 N–H and O–H groups in total. The lowest BCUT2D eigenvalue weighted by Crippen LogP contribution is -2.11. The third kappa shape index (κ3) is 2.25. The Kier molecular flexibility index (Phi) is 3.15. The van der Waals surface area contributed by atoms with E-state index in [2.05, 4.69) is 9.97 Å². The van der Waals surface area contributed by atoms with Gasteiger partial charge in [-0.1, -0.05) is 0 Å². The summed E-state index contributed by atoms with van der Waals surface area (Å²) in [4.78, 5) is 9.01. The fourth-order valence-corrected chi connectivity index (χ4v) is 1.40. The summed E-state index contributed by atoms with van der Waals surface area (Å²) in [6.45, 7) is 0. The Morgan fingerprint density at radius 3 is 2.44 bits per heavy atom. The van der Waals surface area contributed by atoms with Crippen molar-refractivity contribution in [3.8, 4) is 17.3 Å². The number of hydrogen-bond donors (Lipinski definition) is 0. The van der Waals surface area contributed by atoms with Crippen LogP contribution < -0.4 is 4.90 Å². The minimum absolute atomic E-state index is 0.211. The number of nitrogens with zero attached hydrogens (tertiary/aromatic N) is 4. The number of rotatable bonds is 2. The predicted molar refractivity (Wildman–Crippen MR) is 61.4 cm³/mol. The number of hydrogen-bond acceptors (Lipinski definition) is 4. The summed E-state index contributed by atoms with van der Waals surface area (Å²) in [5.74, 6) is -1.11. The minimum Gasteiger partial charge on any atom is -0.250 e. The summed E-state index contributed by atoms with van der Waals surface area (Å²) < 4.78 is 26.3. The Hall–Kier alpha value is -2.55. The summed E-state index contributed by atoms with van der Waals surface area (Å²) in [5.41, 5.74) is 0.630. The van der Waals surface area contributed by atoms with E-state index >= 15 is 0 Å². The molecule has 0 saturated heterocycles. The standard InChI is InChI=1S/C12H8F2N4/c1-18(7-15)12-16-5-8(6-17-12)10-3-2-9(13)4-11(10)14/h2-6H,1H3. The van der Waals surface area contributed by atoms with Gasteiger partial charge in [-0.3, -0.25) is 4.90 Å². The van der Waals surface area contributed by atoms with E-state index in [1.807, 2.05) is 6.19 Å². The second-order valence-corrected chi connectivity index (χ2v) is 3.55. The molecule has 0 aliphatic heterocycles. The lowest BCUT2D eigenvalue weighted by Gasteiger charge is -2.07. The molecule has 0 radical (unpaired) electrons. The van der Waals surface area contributed by atoms with Crippen molar-refractivity contribution in [1.82, 2.24) is 9.97 Å². The van der Waals surface area contributed by atoms with Crippen LogP contribution in [0.3, 0.4) is 0 Å². The van der Waals surface area contributed by atoms with Crippen LogP contribution in [-0.2, 0) is 0 Å². The average molecular weight is 246 g/mol. The monoisotopic (exact) mass is 246 g/mol. The van der Waals surface area contributed by atoms with Crippen LogP contribution in [0.1, 0.15) is 0 Å². The van der Waals surface area contributed by atoms with Crippen molar-refractivity contribution < 1.29 is 8.78 Å². The molecule has 0 atom stereocenters. The number of nitriles is 1. The lowest BCUT2D eigenvalue weighted by atomic mass is 10.1. The van der Waals surface area contributed by atoms with Gasteiger partial charge in [0.25, 0.3) is 0 Å². The molecule has 0 bridgehead atoms. The highest BCUT2D eigenvalue weighted by Gasteiger charge is 2.08. The minimum atomic E-state index is -0.681. The molecule has 0 aliphatic rings. The van der Waals surface area contributed by atoms with Gasteiger partial charge in [0.05, 0.1) is 0 Å².